The Bertz CT molecular complexity index is 206. The molecule has 0 fully saturated rings. The zero-order valence-corrected chi connectivity index (χ0v) is 11.4. The van der Waals surface area contributed by atoms with Gasteiger partial charge in [0.2, 0.25) is 0 Å². The van der Waals surface area contributed by atoms with Crippen LogP contribution in [0.25, 0.3) is 0 Å². The van der Waals surface area contributed by atoms with Crippen LogP contribution in [0.15, 0.2) is 0 Å². The highest BCUT2D eigenvalue weighted by Crippen LogP contribution is 1.89. The lowest BCUT2D eigenvalue weighted by Gasteiger charge is -2.13. The molecule has 0 aromatic heterocycles. The number of hydrogen-bond donors (Lipinski definition) is 1. The molecule has 5 nitrogen and oxygen atoms in total. The highest BCUT2D eigenvalue weighted by molar-refractivity contribution is 4.86. The lowest BCUT2D eigenvalue weighted by Crippen LogP contribution is -2.28. The topological polar surface area (TPSA) is 49.0 Å². The molecule has 0 aliphatic heterocycles. The molecular formula is C13H25NO4. The van der Waals surface area contributed by atoms with Crippen LogP contribution in [0, 0.1) is 12.3 Å². The molecule has 1 N–H and O–H groups in total. The summed E-state index contributed by atoms with van der Waals surface area (Å²) in [5, 5.41) is 3.08. The fourth-order valence-corrected chi connectivity index (χ4v) is 1.18. The van der Waals surface area contributed by atoms with Gasteiger partial charge >= 0.3 is 0 Å². The van der Waals surface area contributed by atoms with Crippen molar-refractivity contribution in [3.05, 3.63) is 0 Å². The van der Waals surface area contributed by atoms with Crippen LogP contribution in [-0.4, -0.2) is 65.9 Å². The number of nitrogens with one attached hydrogen (secondary N) is 1. The number of rotatable bonds is 13. The average Bonchev–Trinajstić information content (AvgIpc) is 2.37. The fraction of sp³-hybridized carbons (Fsp3) is 0.846. The molecule has 106 valence electrons. The third-order valence-electron chi connectivity index (χ3n) is 2.09. The van der Waals surface area contributed by atoms with Crippen molar-refractivity contribution in [3.63, 3.8) is 0 Å². The van der Waals surface area contributed by atoms with E-state index in [1.54, 1.807) is 7.11 Å². The van der Waals surface area contributed by atoms with Gasteiger partial charge in [-0.3, -0.25) is 0 Å². The molecule has 0 saturated heterocycles. The maximum Gasteiger partial charge on any atom is 0.0704 e. The predicted molar refractivity (Wildman–Crippen MR) is 70.6 cm³/mol. The molecule has 0 radical (unpaired) electrons. The largest absolute Gasteiger partial charge is 0.382 e. The molecule has 0 bridgehead atoms. The van der Waals surface area contributed by atoms with E-state index in [0.717, 1.165) is 6.54 Å². The van der Waals surface area contributed by atoms with Crippen molar-refractivity contribution in [1.82, 2.24) is 5.32 Å². The second kappa shape index (κ2) is 14.4. The Morgan fingerprint density at radius 1 is 1.06 bits per heavy atom. The van der Waals surface area contributed by atoms with Gasteiger partial charge in [-0.2, -0.15) is 0 Å². The van der Waals surface area contributed by atoms with E-state index in [1.807, 2.05) is 6.92 Å². The maximum absolute atomic E-state index is 5.52. The SMILES string of the molecule is C#CCNCC(C)OCCOCCOCCOC. The summed E-state index contributed by atoms with van der Waals surface area (Å²) >= 11 is 0. The second-order valence-electron chi connectivity index (χ2n) is 3.73. The molecular weight excluding hydrogens is 234 g/mol. The molecule has 0 saturated carbocycles. The minimum atomic E-state index is 0.139. The number of hydrogen-bond acceptors (Lipinski definition) is 5. The zero-order valence-electron chi connectivity index (χ0n) is 11.4. The summed E-state index contributed by atoms with van der Waals surface area (Å²) in [5.41, 5.74) is 0. The van der Waals surface area contributed by atoms with E-state index >= 15 is 0 Å². The highest BCUT2D eigenvalue weighted by Gasteiger charge is 2.00. The van der Waals surface area contributed by atoms with Gasteiger partial charge in [0.15, 0.2) is 0 Å². The molecule has 0 spiro atoms. The summed E-state index contributed by atoms with van der Waals surface area (Å²) in [7, 11) is 1.65. The van der Waals surface area contributed by atoms with Crippen LogP contribution in [0.1, 0.15) is 6.92 Å². The normalized spacial score (nSPS) is 12.3. The van der Waals surface area contributed by atoms with E-state index in [-0.39, 0.29) is 6.10 Å². The van der Waals surface area contributed by atoms with Crippen LogP contribution < -0.4 is 5.32 Å². The molecule has 0 rings (SSSR count). The molecule has 18 heavy (non-hydrogen) atoms. The van der Waals surface area contributed by atoms with Crippen molar-refractivity contribution in [2.75, 3.05) is 59.8 Å². The highest BCUT2D eigenvalue weighted by atomic mass is 16.6. The minimum absolute atomic E-state index is 0.139. The molecule has 5 heteroatoms. The number of methoxy groups -OCH3 is 1. The van der Waals surface area contributed by atoms with Gasteiger partial charge in [0.05, 0.1) is 52.3 Å². The Morgan fingerprint density at radius 3 is 2.28 bits per heavy atom. The van der Waals surface area contributed by atoms with Gasteiger partial charge in [0, 0.05) is 13.7 Å². The first kappa shape index (κ1) is 17.4. The summed E-state index contributed by atoms with van der Waals surface area (Å²) in [6.45, 7) is 6.87. The molecule has 0 amide bonds. The summed E-state index contributed by atoms with van der Waals surface area (Å²) in [4.78, 5) is 0. The predicted octanol–water partition coefficient (Wildman–Crippen LogP) is 0.294. The summed E-state index contributed by atoms with van der Waals surface area (Å²) in [6, 6.07) is 0. The summed E-state index contributed by atoms with van der Waals surface area (Å²) in [5.74, 6) is 2.51. The zero-order chi connectivity index (χ0) is 13.5. The van der Waals surface area contributed by atoms with Crippen molar-refractivity contribution >= 4 is 0 Å². The first-order valence-electron chi connectivity index (χ1n) is 6.21. The lowest BCUT2D eigenvalue weighted by atomic mass is 10.4. The average molecular weight is 259 g/mol. The third kappa shape index (κ3) is 13.4. The van der Waals surface area contributed by atoms with Crippen LogP contribution >= 0.6 is 0 Å². The summed E-state index contributed by atoms with van der Waals surface area (Å²) < 4.78 is 21.0. The number of terminal acetylenes is 1. The Morgan fingerprint density at radius 2 is 1.67 bits per heavy atom. The molecule has 0 aromatic carbocycles. The molecule has 0 aliphatic carbocycles. The van der Waals surface area contributed by atoms with Gasteiger partial charge in [0.1, 0.15) is 0 Å². The van der Waals surface area contributed by atoms with Gasteiger partial charge < -0.3 is 24.3 Å². The van der Waals surface area contributed by atoms with Gasteiger partial charge in [-0.15, -0.1) is 6.42 Å². The van der Waals surface area contributed by atoms with Crippen molar-refractivity contribution in [2.24, 2.45) is 0 Å². The fourth-order valence-electron chi connectivity index (χ4n) is 1.18. The monoisotopic (exact) mass is 259 g/mol. The van der Waals surface area contributed by atoms with E-state index in [2.05, 4.69) is 11.2 Å². The van der Waals surface area contributed by atoms with E-state index < -0.39 is 0 Å². The molecule has 1 atom stereocenters. The Kier molecular flexibility index (Phi) is 13.9. The minimum Gasteiger partial charge on any atom is -0.382 e. The molecule has 0 aliphatic rings. The van der Waals surface area contributed by atoms with Crippen LogP contribution in [0.4, 0.5) is 0 Å². The van der Waals surface area contributed by atoms with Gasteiger partial charge in [-0.25, -0.2) is 0 Å². The summed E-state index contributed by atoms with van der Waals surface area (Å²) in [6.07, 6.45) is 5.26. The van der Waals surface area contributed by atoms with Crippen LogP contribution in [-0.2, 0) is 18.9 Å². The van der Waals surface area contributed by atoms with Crippen molar-refractivity contribution in [3.8, 4) is 12.3 Å². The van der Waals surface area contributed by atoms with E-state index in [4.69, 9.17) is 25.4 Å². The first-order valence-corrected chi connectivity index (χ1v) is 6.21. The van der Waals surface area contributed by atoms with Crippen LogP contribution in [0.3, 0.4) is 0 Å². The first-order chi connectivity index (χ1) is 8.81. The van der Waals surface area contributed by atoms with Gasteiger partial charge in [-0.05, 0) is 6.92 Å². The smallest absolute Gasteiger partial charge is 0.0704 e. The quantitative estimate of drug-likeness (QED) is 0.381. The molecule has 0 heterocycles. The van der Waals surface area contributed by atoms with Gasteiger partial charge in [-0.1, -0.05) is 5.92 Å². The van der Waals surface area contributed by atoms with Crippen LogP contribution in [0.2, 0.25) is 0 Å². The third-order valence-corrected chi connectivity index (χ3v) is 2.09. The Labute approximate surface area is 110 Å². The second-order valence-corrected chi connectivity index (χ2v) is 3.73. The van der Waals surface area contributed by atoms with Gasteiger partial charge in [0.25, 0.3) is 0 Å². The Hall–Kier alpha value is -0.640. The molecule has 1 unspecified atom stereocenters. The molecule has 0 aromatic rings. The lowest BCUT2D eigenvalue weighted by molar-refractivity contribution is -0.0114. The number of ether oxygens (including phenoxy) is 4. The van der Waals surface area contributed by atoms with Crippen molar-refractivity contribution in [1.29, 1.82) is 0 Å². The van der Waals surface area contributed by atoms with Crippen LogP contribution in [0.5, 0.6) is 0 Å². The van der Waals surface area contributed by atoms with Crippen molar-refractivity contribution in [2.45, 2.75) is 13.0 Å². The van der Waals surface area contributed by atoms with E-state index in [1.165, 1.54) is 0 Å². The standard InChI is InChI=1S/C13H25NO4/c1-4-5-14-12-13(2)18-11-10-17-9-8-16-7-6-15-3/h1,13-14H,5-12H2,2-3H3. The Balaban J connectivity index is 3.08. The van der Waals surface area contributed by atoms with E-state index in [9.17, 15) is 0 Å². The maximum atomic E-state index is 5.52. The van der Waals surface area contributed by atoms with E-state index in [0.29, 0.717) is 46.2 Å². The van der Waals surface area contributed by atoms with Crippen molar-refractivity contribution < 1.29 is 18.9 Å².